The number of ether oxygens (including phenoxy) is 1. The second-order valence-corrected chi connectivity index (χ2v) is 5.04. The molecule has 1 aromatic rings. The minimum absolute atomic E-state index is 0.0174. The van der Waals surface area contributed by atoms with Gasteiger partial charge in [-0.2, -0.15) is 0 Å². The SMILES string of the molecule is COc1ccccc1CNC(=O)CN1CCC[C@@H]1CO. The second kappa shape index (κ2) is 7.26. The fourth-order valence-electron chi connectivity index (χ4n) is 2.59. The number of nitrogens with one attached hydrogen (secondary N) is 1. The Kier molecular flexibility index (Phi) is 5.38. The van der Waals surface area contributed by atoms with Gasteiger partial charge in [-0.15, -0.1) is 0 Å². The number of likely N-dealkylation sites (tertiary alicyclic amines) is 1. The zero-order valence-electron chi connectivity index (χ0n) is 11.8. The molecule has 5 nitrogen and oxygen atoms in total. The van der Waals surface area contributed by atoms with Crippen molar-refractivity contribution < 1.29 is 14.6 Å². The summed E-state index contributed by atoms with van der Waals surface area (Å²) in [5.74, 6) is 0.762. The Bertz CT molecular complexity index is 450. The third-order valence-electron chi connectivity index (χ3n) is 3.73. The summed E-state index contributed by atoms with van der Waals surface area (Å²) in [6, 6.07) is 7.77. The Hall–Kier alpha value is -1.59. The number of amides is 1. The van der Waals surface area contributed by atoms with E-state index >= 15 is 0 Å². The molecule has 1 aliphatic heterocycles. The summed E-state index contributed by atoms with van der Waals surface area (Å²) in [6.45, 7) is 1.81. The minimum Gasteiger partial charge on any atom is -0.496 e. The number of aliphatic hydroxyl groups excluding tert-OH is 1. The number of benzene rings is 1. The van der Waals surface area contributed by atoms with E-state index in [1.165, 1.54) is 0 Å². The van der Waals surface area contributed by atoms with E-state index in [2.05, 4.69) is 5.32 Å². The van der Waals surface area contributed by atoms with Gasteiger partial charge in [0.05, 0.1) is 20.3 Å². The molecule has 0 bridgehead atoms. The number of para-hydroxylation sites is 1. The molecule has 2 N–H and O–H groups in total. The lowest BCUT2D eigenvalue weighted by Gasteiger charge is -2.21. The highest BCUT2D eigenvalue weighted by Gasteiger charge is 2.25. The maximum Gasteiger partial charge on any atom is 0.234 e. The Morgan fingerprint density at radius 2 is 2.30 bits per heavy atom. The molecule has 1 aliphatic rings. The van der Waals surface area contributed by atoms with E-state index in [1.54, 1.807) is 7.11 Å². The number of hydrogen-bond acceptors (Lipinski definition) is 4. The van der Waals surface area contributed by atoms with Gasteiger partial charge in [-0.1, -0.05) is 18.2 Å². The van der Waals surface area contributed by atoms with Gasteiger partial charge in [0.2, 0.25) is 5.91 Å². The number of aliphatic hydroxyl groups is 1. The van der Waals surface area contributed by atoms with Crippen LogP contribution in [0.15, 0.2) is 24.3 Å². The lowest BCUT2D eigenvalue weighted by Crippen LogP contribution is -2.40. The van der Waals surface area contributed by atoms with Crippen LogP contribution in [-0.2, 0) is 11.3 Å². The molecule has 2 rings (SSSR count). The van der Waals surface area contributed by atoms with Crippen LogP contribution in [0.2, 0.25) is 0 Å². The molecule has 20 heavy (non-hydrogen) atoms. The highest BCUT2D eigenvalue weighted by molar-refractivity contribution is 5.78. The summed E-state index contributed by atoms with van der Waals surface area (Å²) < 4.78 is 5.25. The topological polar surface area (TPSA) is 61.8 Å². The molecule has 0 aromatic heterocycles. The van der Waals surface area contributed by atoms with Crippen molar-refractivity contribution in [3.8, 4) is 5.75 Å². The van der Waals surface area contributed by atoms with Gasteiger partial charge in [-0.25, -0.2) is 0 Å². The standard InChI is InChI=1S/C15H22N2O3/c1-20-14-7-3-2-5-12(14)9-16-15(19)10-17-8-4-6-13(17)11-18/h2-3,5,7,13,18H,4,6,8-11H2,1H3,(H,16,19)/t13-/m1/s1. The molecule has 1 atom stereocenters. The van der Waals surface area contributed by atoms with E-state index in [-0.39, 0.29) is 18.6 Å². The van der Waals surface area contributed by atoms with Gasteiger partial charge in [-0.05, 0) is 25.5 Å². The number of rotatable bonds is 6. The number of nitrogens with zero attached hydrogens (tertiary/aromatic N) is 1. The lowest BCUT2D eigenvalue weighted by atomic mass is 10.2. The van der Waals surface area contributed by atoms with Crippen LogP contribution in [0.1, 0.15) is 18.4 Å². The summed E-state index contributed by atoms with van der Waals surface area (Å²) in [6.07, 6.45) is 2.02. The fraction of sp³-hybridized carbons (Fsp3) is 0.533. The first-order valence-corrected chi connectivity index (χ1v) is 6.98. The van der Waals surface area contributed by atoms with Crippen molar-refractivity contribution in [2.45, 2.75) is 25.4 Å². The molecule has 0 radical (unpaired) electrons. The Balaban J connectivity index is 1.83. The van der Waals surface area contributed by atoms with Gasteiger partial charge in [0.15, 0.2) is 0 Å². The molecule has 1 heterocycles. The maximum absolute atomic E-state index is 12.0. The number of carbonyl (C=O) groups is 1. The van der Waals surface area contributed by atoms with Crippen molar-refractivity contribution in [3.63, 3.8) is 0 Å². The molecular weight excluding hydrogens is 256 g/mol. The minimum atomic E-state index is -0.0174. The van der Waals surface area contributed by atoms with Crippen LogP contribution in [0.4, 0.5) is 0 Å². The van der Waals surface area contributed by atoms with E-state index < -0.39 is 0 Å². The zero-order valence-corrected chi connectivity index (χ0v) is 11.8. The van der Waals surface area contributed by atoms with Crippen LogP contribution in [-0.4, -0.2) is 48.8 Å². The van der Waals surface area contributed by atoms with E-state index in [1.807, 2.05) is 29.2 Å². The predicted molar refractivity (Wildman–Crippen MR) is 76.5 cm³/mol. The molecule has 0 unspecified atom stereocenters. The summed E-state index contributed by atoms with van der Waals surface area (Å²) in [4.78, 5) is 14.0. The molecule has 1 fully saturated rings. The quantitative estimate of drug-likeness (QED) is 0.807. The average molecular weight is 278 g/mol. The van der Waals surface area contributed by atoms with E-state index in [0.717, 1.165) is 30.7 Å². The predicted octanol–water partition coefficient (Wildman–Crippen LogP) is 0.768. The molecule has 1 aromatic carbocycles. The van der Waals surface area contributed by atoms with Gasteiger partial charge in [0.1, 0.15) is 5.75 Å². The normalized spacial score (nSPS) is 19.0. The van der Waals surface area contributed by atoms with E-state index in [9.17, 15) is 9.90 Å². The summed E-state index contributed by atoms with van der Waals surface area (Å²) >= 11 is 0. The average Bonchev–Trinajstić information content (AvgIpc) is 2.92. The number of carbonyl (C=O) groups excluding carboxylic acids is 1. The molecule has 5 heteroatoms. The van der Waals surface area contributed by atoms with Crippen molar-refractivity contribution >= 4 is 5.91 Å². The molecular formula is C15H22N2O3. The van der Waals surface area contributed by atoms with Crippen molar-refractivity contribution in [2.75, 3.05) is 26.8 Å². The highest BCUT2D eigenvalue weighted by atomic mass is 16.5. The highest BCUT2D eigenvalue weighted by Crippen LogP contribution is 2.17. The summed E-state index contributed by atoms with van der Waals surface area (Å²) in [7, 11) is 1.62. The van der Waals surface area contributed by atoms with Crippen molar-refractivity contribution in [3.05, 3.63) is 29.8 Å². The third-order valence-corrected chi connectivity index (χ3v) is 3.73. The van der Waals surface area contributed by atoms with Gasteiger partial charge < -0.3 is 15.2 Å². The summed E-state index contributed by atoms with van der Waals surface area (Å²) in [5.41, 5.74) is 0.962. The van der Waals surface area contributed by atoms with Crippen LogP contribution in [0.3, 0.4) is 0 Å². The molecule has 0 saturated carbocycles. The van der Waals surface area contributed by atoms with E-state index in [0.29, 0.717) is 13.1 Å². The van der Waals surface area contributed by atoms with Crippen molar-refractivity contribution in [1.29, 1.82) is 0 Å². The van der Waals surface area contributed by atoms with Crippen molar-refractivity contribution in [1.82, 2.24) is 10.2 Å². The van der Waals surface area contributed by atoms with Gasteiger partial charge in [-0.3, -0.25) is 9.69 Å². The van der Waals surface area contributed by atoms with Gasteiger partial charge in [0, 0.05) is 18.2 Å². The third kappa shape index (κ3) is 3.71. The molecule has 0 spiro atoms. The molecule has 0 aliphatic carbocycles. The van der Waals surface area contributed by atoms with Crippen LogP contribution >= 0.6 is 0 Å². The molecule has 1 amide bonds. The van der Waals surface area contributed by atoms with Gasteiger partial charge in [0.25, 0.3) is 0 Å². The maximum atomic E-state index is 12.0. The van der Waals surface area contributed by atoms with Crippen LogP contribution in [0.5, 0.6) is 5.75 Å². The lowest BCUT2D eigenvalue weighted by molar-refractivity contribution is -0.122. The fourth-order valence-corrected chi connectivity index (χ4v) is 2.59. The second-order valence-electron chi connectivity index (χ2n) is 5.04. The molecule has 1 saturated heterocycles. The number of methoxy groups -OCH3 is 1. The number of hydrogen-bond donors (Lipinski definition) is 2. The first-order chi connectivity index (χ1) is 9.74. The Morgan fingerprint density at radius 1 is 1.50 bits per heavy atom. The van der Waals surface area contributed by atoms with Crippen LogP contribution < -0.4 is 10.1 Å². The zero-order chi connectivity index (χ0) is 14.4. The first kappa shape index (κ1) is 14.8. The Labute approximate surface area is 119 Å². The van der Waals surface area contributed by atoms with Crippen molar-refractivity contribution in [2.24, 2.45) is 0 Å². The van der Waals surface area contributed by atoms with Crippen LogP contribution in [0, 0.1) is 0 Å². The van der Waals surface area contributed by atoms with E-state index in [4.69, 9.17) is 4.74 Å². The first-order valence-electron chi connectivity index (χ1n) is 6.98. The smallest absolute Gasteiger partial charge is 0.234 e. The largest absolute Gasteiger partial charge is 0.496 e. The summed E-state index contributed by atoms with van der Waals surface area (Å²) in [5, 5.41) is 12.1. The molecule has 110 valence electrons. The Morgan fingerprint density at radius 3 is 3.05 bits per heavy atom. The monoisotopic (exact) mass is 278 g/mol. The van der Waals surface area contributed by atoms with Gasteiger partial charge >= 0.3 is 0 Å². The van der Waals surface area contributed by atoms with Crippen LogP contribution in [0.25, 0.3) is 0 Å².